The Morgan fingerprint density at radius 2 is 1.78 bits per heavy atom. The van der Waals surface area contributed by atoms with Gasteiger partial charge in [-0.2, -0.15) is 0 Å². The molecule has 0 heterocycles. The number of nitrogens with one attached hydrogen (secondary N) is 1. The monoisotopic (exact) mass is 464 g/mol. The lowest BCUT2D eigenvalue weighted by Gasteiger charge is -2.22. The van der Waals surface area contributed by atoms with E-state index in [1.165, 1.54) is 0 Å². The van der Waals surface area contributed by atoms with Crippen LogP contribution in [0, 0.1) is 3.57 Å². The molecule has 0 aliphatic heterocycles. The molecule has 0 saturated heterocycles. The molecule has 0 fully saturated rings. The first-order valence-electron chi connectivity index (χ1n) is 6.55. The van der Waals surface area contributed by atoms with Crippen LogP contribution in [0.25, 0.3) is 0 Å². The van der Waals surface area contributed by atoms with Crippen molar-refractivity contribution in [3.05, 3.63) is 57.1 Å². The summed E-state index contributed by atoms with van der Waals surface area (Å²) in [4.78, 5) is 12.2. The van der Waals surface area contributed by atoms with Crippen molar-refractivity contribution < 1.29 is 13.2 Å². The Balaban J connectivity index is 2.20. The van der Waals surface area contributed by atoms with Gasteiger partial charge in [-0.25, -0.2) is 8.42 Å². The molecule has 0 aromatic heterocycles. The molecule has 2 rings (SSSR count). The van der Waals surface area contributed by atoms with E-state index in [1.54, 1.807) is 48.5 Å². The van der Waals surface area contributed by atoms with Crippen molar-refractivity contribution in [3.63, 3.8) is 0 Å². The van der Waals surface area contributed by atoms with Crippen molar-refractivity contribution in [3.8, 4) is 0 Å². The SMILES string of the molecule is CS(=O)(=O)N(CC(=O)Nc1ccccc1Cl)c1ccc(I)cc1. The summed E-state index contributed by atoms with van der Waals surface area (Å²) >= 11 is 8.10. The second kappa shape index (κ2) is 7.50. The Bertz CT molecular complexity index is 810. The maximum atomic E-state index is 12.2. The molecular weight excluding hydrogens is 451 g/mol. The van der Waals surface area contributed by atoms with Crippen molar-refractivity contribution in [2.24, 2.45) is 0 Å². The summed E-state index contributed by atoms with van der Waals surface area (Å²) in [5.41, 5.74) is 0.873. The normalized spacial score (nSPS) is 11.1. The first-order chi connectivity index (χ1) is 10.8. The average Bonchev–Trinajstić information content (AvgIpc) is 2.47. The van der Waals surface area contributed by atoms with Crippen LogP contribution in [0.5, 0.6) is 0 Å². The van der Waals surface area contributed by atoms with Gasteiger partial charge in [0.1, 0.15) is 6.54 Å². The molecule has 0 aliphatic rings. The number of anilines is 2. The standard InChI is InChI=1S/C15H14ClIN2O3S/c1-23(21,22)19(12-8-6-11(17)7-9-12)10-15(20)18-14-5-3-2-4-13(14)16/h2-9H,10H2,1H3,(H,18,20). The highest BCUT2D eigenvalue weighted by Crippen LogP contribution is 2.22. The minimum absolute atomic E-state index is 0.329. The Kier molecular flexibility index (Phi) is 5.88. The third-order valence-corrected chi connectivity index (χ3v) is 5.14. The number of hydrogen-bond donors (Lipinski definition) is 1. The molecule has 0 aliphatic carbocycles. The number of nitrogens with zero attached hydrogens (tertiary/aromatic N) is 1. The molecule has 8 heteroatoms. The van der Waals surface area contributed by atoms with Crippen molar-refractivity contribution in [1.82, 2.24) is 0 Å². The van der Waals surface area contributed by atoms with Gasteiger partial charge in [0.15, 0.2) is 0 Å². The second-order valence-electron chi connectivity index (χ2n) is 4.77. The second-order valence-corrected chi connectivity index (χ2v) is 8.33. The highest BCUT2D eigenvalue weighted by atomic mass is 127. The molecule has 1 amide bonds. The molecular formula is C15H14ClIN2O3S. The van der Waals surface area contributed by atoms with Gasteiger partial charge in [-0.3, -0.25) is 9.10 Å². The number of halogens is 2. The summed E-state index contributed by atoms with van der Waals surface area (Å²) in [5, 5.41) is 3.01. The van der Waals surface area contributed by atoms with E-state index >= 15 is 0 Å². The zero-order chi connectivity index (χ0) is 17.0. The highest BCUT2D eigenvalue weighted by molar-refractivity contribution is 14.1. The molecule has 2 aromatic rings. The van der Waals surface area contributed by atoms with Crippen molar-refractivity contribution in [2.45, 2.75) is 0 Å². The molecule has 0 radical (unpaired) electrons. The smallest absolute Gasteiger partial charge is 0.245 e. The van der Waals surface area contributed by atoms with E-state index in [0.29, 0.717) is 16.4 Å². The maximum absolute atomic E-state index is 12.2. The number of hydrogen-bond acceptors (Lipinski definition) is 3. The van der Waals surface area contributed by atoms with Gasteiger partial charge in [-0.1, -0.05) is 23.7 Å². The summed E-state index contributed by atoms with van der Waals surface area (Å²) in [6.45, 7) is -0.329. The predicted molar refractivity (Wildman–Crippen MR) is 101 cm³/mol. The maximum Gasteiger partial charge on any atom is 0.245 e. The quantitative estimate of drug-likeness (QED) is 0.690. The van der Waals surface area contributed by atoms with Gasteiger partial charge in [0, 0.05) is 3.57 Å². The number of benzene rings is 2. The number of carbonyl (C=O) groups is 1. The molecule has 0 saturated carbocycles. The Morgan fingerprint density at radius 3 is 2.35 bits per heavy atom. The van der Waals surface area contributed by atoms with Crippen LogP contribution in [-0.4, -0.2) is 27.1 Å². The van der Waals surface area contributed by atoms with E-state index in [9.17, 15) is 13.2 Å². The van der Waals surface area contributed by atoms with Crippen molar-refractivity contribution in [1.29, 1.82) is 0 Å². The lowest BCUT2D eigenvalue weighted by molar-refractivity contribution is -0.114. The van der Waals surface area contributed by atoms with Crippen LogP contribution in [-0.2, 0) is 14.8 Å². The first kappa shape index (κ1) is 18.0. The zero-order valence-electron chi connectivity index (χ0n) is 12.2. The molecule has 5 nitrogen and oxygen atoms in total. The molecule has 0 spiro atoms. The molecule has 0 atom stereocenters. The van der Waals surface area contributed by atoms with Crippen LogP contribution in [0.2, 0.25) is 5.02 Å². The minimum atomic E-state index is -3.59. The Labute approximate surface area is 153 Å². The van der Waals surface area contributed by atoms with E-state index in [2.05, 4.69) is 27.9 Å². The van der Waals surface area contributed by atoms with Gasteiger partial charge in [-0.15, -0.1) is 0 Å². The topological polar surface area (TPSA) is 66.5 Å². The first-order valence-corrected chi connectivity index (χ1v) is 9.85. The Morgan fingerprint density at radius 1 is 1.17 bits per heavy atom. The number of rotatable bonds is 5. The zero-order valence-corrected chi connectivity index (χ0v) is 15.9. The van der Waals surface area contributed by atoms with E-state index in [4.69, 9.17) is 11.6 Å². The van der Waals surface area contributed by atoms with Gasteiger partial charge < -0.3 is 5.32 Å². The fraction of sp³-hybridized carbons (Fsp3) is 0.133. The van der Waals surface area contributed by atoms with E-state index in [1.807, 2.05) is 0 Å². The average molecular weight is 465 g/mol. The number of carbonyl (C=O) groups excluding carboxylic acids is 1. The van der Waals surface area contributed by atoms with Gasteiger partial charge in [-0.05, 0) is 59.0 Å². The van der Waals surface area contributed by atoms with Gasteiger partial charge in [0.05, 0.1) is 22.7 Å². The lowest BCUT2D eigenvalue weighted by Crippen LogP contribution is -2.37. The molecule has 122 valence electrons. The molecule has 0 bridgehead atoms. The fourth-order valence-corrected chi connectivity index (χ4v) is 3.29. The van der Waals surface area contributed by atoms with Crippen LogP contribution in [0.3, 0.4) is 0 Å². The highest BCUT2D eigenvalue weighted by Gasteiger charge is 2.21. The predicted octanol–water partition coefficient (Wildman–Crippen LogP) is 3.35. The summed E-state index contributed by atoms with van der Waals surface area (Å²) in [7, 11) is -3.59. The number of amides is 1. The molecule has 1 N–H and O–H groups in total. The van der Waals surface area contributed by atoms with Crippen LogP contribution >= 0.6 is 34.2 Å². The largest absolute Gasteiger partial charge is 0.323 e. The van der Waals surface area contributed by atoms with E-state index < -0.39 is 15.9 Å². The van der Waals surface area contributed by atoms with E-state index in [-0.39, 0.29) is 6.54 Å². The number of para-hydroxylation sites is 1. The number of sulfonamides is 1. The lowest BCUT2D eigenvalue weighted by atomic mass is 10.3. The van der Waals surface area contributed by atoms with Crippen LogP contribution in [0.4, 0.5) is 11.4 Å². The summed E-state index contributed by atoms with van der Waals surface area (Å²) in [6.07, 6.45) is 1.06. The van der Waals surface area contributed by atoms with Gasteiger partial charge in [0.2, 0.25) is 15.9 Å². The van der Waals surface area contributed by atoms with Crippen LogP contribution in [0.1, 0.15) is 0 Å². The summed E-state index contributed by atoms with van der Waals surface area (Å²) < 4.78 is 26.0. The minimum Gasteiger partial charge on any atom is -0.323 e. The molecule has 23 heavy (non-hydrogen) atoms. The van der Waals surface area contributed by atoms with Crippen LogP contribution < -0.4 is 9.62 Å². The van der Waals surface area contributed by atoms with Gasteiger partial charge in [0.25, 0.3) is 0 Å². The fourth-order valence-electron chi connectivity index (χ4n) is 1.89. The molecule has 0 unspecified atom stereocenters. The molecule has 2 aromatic carbocycles. The Hall–Kier alpha value is -1.32. The van der Waals surface area contributed by atoms with Crippen molar-refractivity contribution >= 4 is 61.5 Å². The summed E-state index contributed by atoms with van der Waals surface area (Å²) in [6, 6.07) is 13.6. The van der Waals surface area contributed by atoms with Crippen molar-refractivity contribution in [2.75, 3.05) is 22.4 Å². The van der Waals surface area contributed by atoms with E-state index in [0.717, 1.165) is 14.1 Å². The third kappa shape index (κ3) is 5.08. The van der Waals surface area contributed by atoms with Gasteiger partial charge >= 0.3 is 0 Å². The third-order valence-electron chi connectivity index (χ3n) is 2.95. The van der Waals surface area contributed by atoms with Crippen LogP contribution in [0.15, 0.2) is 48.5 Å². The summed E-state index contributed by atoms with van der Waals surface area (Å²) in [5.74, 6) is -0.470.